The zero-order valence-corrected chi connectivity index (χ0v) is 22.1. The number of carbonyl (C=O) groups excluding carboxylic acids is 2. The van der Waals surface area contributed by atoms with Crippen molar-refractivity contribution in [3.8, 4) is 0 Å². The van der Waals surface area contributed by atoms with Gasteiger partial charge in [-0.05, 0) is 68.3 Å². The van der Waals surface area contributed by atoms with Gasteiger partial charge in [-0.15, -0.1) is 0 Å². The maximum atomic E-state index is 13.7. The molecule has 0 spiro atoms. The molecular formula is C27H30ClN3O4S. The molecule has 3 rings (SSSR count). The fourth-order valence-corrected chi connectivity index (χ4v) is 5.26. The van der Waals surface area contributed by atoms with Crippen molar-refractivity contribution in [2.24, 2.45) is 0 Å². The second kappa shape index (κ2) is 12.1. The van der Waals surface area contributed by atoms with Crippen LogP contribution in [-0.4, -0.2) is 44.3 Å². The van der Waals surface area contributed by atoms with Crippen molar-refractivity contribution < 1.29 is 18.0 Å². The summed E-state index contributed by atoms with van der Waals surface area (Å²) >= 11 is 5.97. The summed E-state index contributed by atoms with van der Waals surface area (Å²) in [4.78, 5) is 27.8. The number of carbonyl (C=O) groups is 2. The number of amides is 2. The zero-order chi connectivity index (χ0) is 26.3. The summed E-state index contributed by atoms with van der Waals surface area (Å²) < 4.78 is 28.5. The van der Waals surface area contributed by atoms with E-state index < -0.39 is 28.5 Å². The van der Waals surface area contributed by atoms with Gasteiger partial charge >= 0.3 is 0 Å². The number of nitrogens with one attached hydrogen (secondary N) is 1. The Morgan fingerprint density at radius 1 is 0.972 bits per heavy atom. The minimum Gasteiger partial charge on any atom is -0.355 e. The molecule has 7 nitrogen and oxygen atoms in total. The highest BCUT2D eigenvalue weighted by Gasteiger charge is 2.32. The molecule has 0 fully saturated rings. The largest absolute Gasteiger partial charge is 0.355 e. The zero-order valence-electron chi connectivity index (χ0n) is 20.5. The van der Waals surface area contributed by atoms with Gasteiger partial charge in [-0.2, -0.15) is 0 Å². The number of hydrogen-bond donors (Lipinski definition) is 1. The Balaban J connectivity index is 2.02. The Morgan fingerprint density at radius 2 is 1.64 bits per heavy atom. The number of anilines is 1. The molecule has 0 aliphatic heterocycles. The predicted molar refractivity (Wildman–Crippen MR) is 142 cm³/mol. The van der Waals surface area contributed by atoms with Crippen LogP contribution in [0.3, 0.4) is 0 Å². The topological polar surface area (TPSA) is 86.8 Å². The summed E-state index contributed by atoms with van der Waals surface area (Å²) in [6, 6.07) is 21.2. The van der Waals surface area contributed by atoms with Gasteiger partial charge in [-0.3, -0.25) is 13.9 Å². The SMILES string of the molecule is CCNC(=O)[C@@H](C)N(Cc1ccccc1)C(=O)CN(c1cccc(C)c1)S(=O)(=O)c1ccc(Cl)cc1. The van der Waals surface area contributed by atoms with Crippen LogP contribution in [0.25, 0.3) is 0 Å². The van der Waals surface area contributed by atoms with Crippen LogP contribution in [0.15, 0.2) is 83.8 Å². The molecule has 0 heterocycles. The van der Waals surface area contributed by atoms with Gasteiger partial charge in [-0.1, -0.05) is 54.1 Å². The van der Waals surface area contributed by atoms with E-state index in [1.807, 2.05) is 43.3 Å². The molecule has 2 amide bonds. The third-order valence-corrected chi connectivity index (χ3v) is 7.72. The second-order valence-electron chi connectivity index (χ2n) is 8.38. The number of halogens is 1. The van der Waals surface area contributed by atoms with Gasteiger partial charge in [0.2, 0.25) is 11.8 Å². The van der Waals surface area contributed by atoms with Crippen LogP contribution < -0.4 is 9.62 Å². The Bertz CT molecular complexity index is 1300. The molecule has 0 saturated carbocycles. The van der Waals surface area contributed by atoms with Crippen molar-refractivity contribution in [3.63, 3.8) is 0 Å². The fraction of sp³-hybridized carbons (Fsp3) is 0.259. The van der Waals surface area contributed by atoms with E-state index in [0.717, 1.165) is 15.4 Å². The second-order valence-corrected chi connectivity index (χ2v) is 10.7. The average molecular weight is 528 g/mol. The van der Waals surface area contributed by atoms with Crippen LogP contribution in [0.2, 0.25) is 5.02 Å². The Kier molecular flexibility index (Phi) is 9.12. The van der Waals surface area contributed by atoms with Gasteiger partial charge in [-0.25, -0.2) is 8.42 Å². The van der Waals surface area contributed by atoms with Gasteiger partial charge in [0.05, 0.1) is 10.6 Å². The molecule has 3 aromatic rings. The van der Waals surface area contributed by atoms with E-state index in [1.54, 1.807) is 32.0 Å². The Hall–Kier alpha value is -3.36. The number of rotatable bonds is 10. The number of hydrogen-bond acceptors (Lipinski definition) is 4. The van der Waals surface area contributed by atoms with E-state index in [1.165, 1.54) is 29.2 Å². The standard InChI is InChI=1S/C27H30ClN3O4S/c1-4-29-27(33)21(3)30(18-22-10-6-5-7-11-22)26(32)19-31(24-12-8-9-20(2)17-24)36(34,35)25-15-13-23(28)14-16-25/h5-17,21H,4,18-19H2,1-3H3,(H,29,33)/t21-/m1/s1. The quantitative estimate of drug-likeness (QED) is 0.423. The van der Waals surface area contributed by atoms with Crippen molar-refractivity contribution >= 4 is 39.1 Å². The molecule has 0 radical (unpaired) electrons. The maximum absolute atomic E-state index is 13.7. The molecular weight excluding hydrogens is 498 g/mol. The Morgan fingerprint density at radius 3 is 2.25 bits per heavy atom. The van der Waals surface area contributed by atoms with Crippen LogP contribution in [0.5, 0.6) is 0 Å². The minimum atomic E-state index is -4.12. The molecule has 3 aromatic carbocycles. The highest BCUT2D eigenvalue weighted by atomic mass is 35.5. The molecule has 0 aliphatic rings. The van der Waals surface area contributed by atoms with Crippen molar-refractivity contribution in [1.82, 2.24) is 10.2 Å². The summed E-state index contributed by atoms with van der Waals surface area (Å²) in [5, 5.41) is 3.14. The van der Waals surface area contributed by atoms with Crippen molar-refractivity contribution in [2.75, 3.05) is 17.4 Å². The third-order valence-electron chi connectivity index (χ3n) is 5.68. The predicted octanol–water partition coefficient (Wildman–Crippen LogP) is 4.40. The lowest BCUT2D eigenvalue weighted by molar-refractivity contribution is -0.139. The van der Waals surface area contributed by atoms with Gasteiger partial charge in [0.1, 0.15) is 12.6 Å². The van der Waals surface area contributed by atoms with E-state index in [4.69, 9.17) is 11.6 Å². The molecule has 0 unspecified atom stereocenters. The van der Waals surface area contributed by atoms with E-state index in [9.17, 15) is 18.0 Å². The summed E-state index contributed by atoms with van der Waals surface area (Å²) in [6.45, 7) is 5.36. The van der Waals surface area contributed by atoms with Crippen LogP contribution in [0.4, 0.5) is 5.69 Å². The lowest BCUT2D eigenvalue weighted by Gasteiger charge is -2.32. The van der Waals surface area contributed by atoms with Crippen LogP contribution in [0, 0.1) is 6.92 Å². The van der Waals surface area contributed by atoms with Gasteiger partial charge in [0.25, 0.3) is 10.0 Å². The van der Waals surface area contributed by atoms with Gasteiger partial charge in [0, 0.05) is 18.1 Å². The smallest absolute Gasteiger partial charge is 0.264 e. The molecule has 1 N–H and O–H groups in total. The van der Waals surface area contributed by atoms with Gasteiger partial charge < -0.3 is 10.2 Å². The first-order valence-electron chi connectivity index (χ1n) is 11.6. The maximum Gasteiger partial charge on any atom is 0.264 e. The number of aryl methyl sites for hydroxylation is 1. The van der Waals surface area contributed by atoms with E-state index >= 15 is 0 Å². The number of likely N-dealkylation sites (N-methyl/N-ethyl adjacent to an activating group) is 1. The average Bonchev–Trinajstić information content (AvgIpc) is 2.86. The van der Waals surface area contributed by atoms with E-state index in [2.05, 4.69) is 5.32 Å². The molecule has 0 bridgehead atoms. The summed E-state index contributed by atoms with van der Waals surface area (Å²) in [7, 11) is -4.12. The van der Waals surface area contributed by atoms with Crippen molar-refractivity contribution in [3.05, 3.63) is 95.0 Å². The lowest BCUT2D eigenvalue weighted by Crippen LogP contribution is -2.51. The number of sulfonamides is 1. The lowest BCUT2D eigenvalue weighted by atomic mass is 10.1. The highest BCUT2D eigenvalue weighted by Crippen LogP contribution is 2.26. The molecule has 0 saturated heterocycles. The number of benzene rings is 3. The molecule has 9 heteroatoms. The highest BCUT2D eigenvalue weighted by molar-refractivity contribution is 7.92. The third kappa shape index (κ3) is 6.65. The fourth-order valence-electron chi connectivity index (χ4n) is 3.73. The first-order valence-corrected chi connectivity index (χ1v) is 13.4. The van der Waals surface area contributed by atoms with Crippen LogP contribution >= 0.6 is 11.6 Å². The normalized spacial score (nSPS) is 12.0. The summed E-state index contributed by atoms with van der Waals surface area (Å²) in [5.74, 6) is -0.818. The van der Waals surface area contributed by atoms with Crippen LogP contribution in [-0.2, 0) is 26.2 Å². The van der Waals surface area contributed by atoms with Gasteiger partial charge in [0.15, 0.2) is 0 Å². The molecule has 0 aliphatic carbocycles. The first kappa shape index (κ1) is 27.2. The number of nitrogens with zero attached hydrogens (tertiary/aromatic N) is 2. The Labute approximate surface area is 217 Å². The molecule has 1 atom stereocenters. The van der Waals surface area contributed by atoms with E-state index in [-0.39, 0.29) is 17.3 Å². The monoisotopic (exact) mass is 527 g/mol. The molecule has 190 valence electrons. The summed E-state index contributed by atoms with van der Waals surface area (Å²) in [5.41, 5.74) is 2.02. The van der Waals surface area contributed by atoms with E-state index in [0.29, 0.717) is 17.3 Å². The van der Waals surface area contributed by atoms with Crippen LogP contribution in [0.1, 0.15) is 25.0 Å². The molecule has 0 aromatic heterocycles. The van der Waals surface area contributed by atoms with Crippen molar-refractivity contribution in [1.29, 1.82) is 0 Å². The molecule has 36 heavy (non-hydrogen) atoms. The van der Waals surface area contributed by atoms with Crippen molar-refractivity contribution in [2.45, 2.75) is 38.3 Å². The summed E-state index contributed by atoms with van der Waals surface area (Å²) in [6.07, 6.45) is 0. The first-order chi connectivity index (χ1) is 17.1. The minimum absolute atomic E-state index is 0.00703.